The van der Waals surface area contributed by atoms with Crippen LogP contribution in [0.3, 0.4) is 0 Å². The molecule has 0 fully saturated rings. The SMILES string of the molecule is COS(=O)(=O)[O-].C[n+]1c(-c2ccccc2)c(Br)n2c1-c1ccccc1C2. The smallest absolute Gasteiger partial charge is 0.290 e. The highest BCUT2D eigenvalue weighted by Gasteiger charge is 2.35. The van der Waals surface area contributed by atoms with Gasteiger partial charge in [-0.15, -0.1) is 0 Å². The first-order valence-electron chi connectivity index (χ1n) is 7.76. The predicted octanol–water partition coefficient (Wildman–Crippen LogP) is 2.86. The van der Waals surface area contributed by atoms with Crippen LogP contribution in [0.1, 0.15) is 5.56 Å². The molecular formula is C18H17BrN2O4S. The monoisotopic (exact) mass is 436 g/mol. The molecule has 26 heavy (non-hydrogen) atoms. The second-order valence-corrected chi connectivity index (χ2v) is 7.61. The molecule has 6 nitrogen and oxygen atoms in total. The van der Waals surface area contributed by atoms with Crippen LogP contribution in [0.15, 0.2) is 59.2 Å². The number of nitrogens with zero attached hydrogens (tertiary/aromatic N) is 2. The molecule has 0 amide bonds. The summed E-state index contributed by atoms with van der Waals surface area (Å²) in [5.74, 6) is 1.27. The van der Waals surface area contributed by atoms with Gasteiger partial charge in [0.15, 0.2) is 5.69 Å². The first kappa shape index (κ1) is 18.8. The summed E-state index contributed by atoms with van der Waals surface area (Å²) in [6.45, 7) is 0.937. The van der Waals surface area contributed by atoms with Gasteiger partial charge in [0.2, 0.25) is 15.0 Å². The molecule has 3 aromatic rings. The zero-order valence-corrected chi connectivity index (χ0v) is 16.6. The van der Waals surface area contributed by atoms with E-state index in [4.69, 9.17) is 0 Å². The Morgan fingerprint density at radius 3 is 2.31 bits per heavy atom. The maximum atomic E-state index is 9.22. The van der Waals surface area contributed by atoms with Gasteiger partial charge in [-0.1, -0.05) is 48.5 Å². The van der Waals surface area contributed by atoms with Crippen molar-refractivity contribution < 1.29 is 21.7 Å². The fourth-order valence-corrected chi connectivity index (χ4v) is 3.86. The minimum absolute atomic E-state index is 0.808. The Morgan fingerprint density at radius 2 is 1.69 bits per heavy atom. The fraction of sp³-hybridized carbons (Fsp3) is 0.167. The van der Waals surface area contributed by atoms with E-state index in [2.05, 4.69) is 90.9 Å². The summed E-state index contributed by atoms with van der Waals surface area (Å²) in [5, 5.41) is 0. The summed E-state index contributed by atoms with van der Waals surface area (Å²) >= 11 is 3.79. The molecule has 0 saturated heterocycles. The van der Waals surface area contributed by atoms with Crippen molar-refractivity contribution in [3.8, 4) is 22.6 Å². The maximum absolute atomic E-state index is 9.22. The second kappa shape index (κ2) is 7.32. The summed E-state index contributed by atoms with van der Waals surface area (Å²) in [5.41, 5.74) is 5.19. The molecule has 0 bridgehead atoms. The highest BCUT2D eigenvalue weighted by molar-refractivity contribution is 9.10. The van der Waals surface area contributed by atoms with Crippen LogP contribution in [-0.4, -0.2) is 24.6 Å². The number of benzene rings is 2. The first-order valence-corrected chi connectivity index (χ1v) is 9.89. The molecule has 2 heterocycles. The van der Waals surface area contributed by atoms with Gasteiger partial charge in [0.25, 0.3) is 5.82 Å². The molecule has 1 aliphatic heterocycles. The quantitative estimate of drug-likeness (QED) is 0.275. The van der Waals surface area contributed by atoms with E-state index in [1.807, 2.05) is 0 Å². The summed E-state index contributed by atoms with van der Waals surface area (Å²) < 4.78 is 36.8. The molecule has 0 radical (unpaired) electrons. The lowest BCUT2D eigenvalue weighted by Gasteiger charge is -2.00. The van der Waals surface area contributed by atoms with Crippen molar-refractivity contribution in [2.24, 2.45) is 7.05 Å². The van der Waals surface area contributed by atoms with Gasteiger partial charge < -0.3 is 4.55 Å². The third kappa shape index (κ3) is 3.59. The van der Waals surface area contributed by atoms with Crippen LogP contribution in [0.5, 0.6) is 0 Å². The summed E-state index contributed by atoms with van der Waals surface area (Å²) in [6.07, 6.45) is 0. The average Bonchev–Trinajstić information content (AvgIpc) is 3.12. The van der Waals surface area contributed by atoms with Crippen molar-refractivity contribution in [2.45, 2.75) is 6.54 Å². The van der Waals surface area contributed by atoms with Crippen LogP contribution >= 0.6 is 15.9 Å². The molecule has 0 unspecified atom stereocenters. The van der Waals surface area contributed by atoms with Crippen LogP contribution in [0.2, 0.25) is 0 Å². The zero-order valence-electron chi connectivity index (χ0n) is 14.2. The predicted molar refractivity (Wildman–Crippen MR) is 100.0 cm³/mol. The Kier molecular flexibility index (Phi) is 5.29. The van der Waals surface area contributed by atoms with Crippen molar-refractivity contribution in [3.05, 3.63) is 64.8 Å². The Hall–Kier alpha value is -2.00. The molecule has 8 heteroatoms. The highest BCUT2D eigenvalue weighted by atomic mass is 79.9. The summed E-state index contributed by atoms with van der Waals surface area (Å²) in [4.78, 5) is 0. The van der Waals surface area contributed by atoms with Gasteiger partial charge in [-0.05, 0) is 6.07 Å². The zero-order chi connectivity index (χ0) is 18.9. The number of aromatic nitrogens is 2. The molecule has 2 aromatic carbocycles. The summed E-state index contributed by atoms with van der Waals surface area (Å²) in [6, 6.07) is 19.2. The minimum atomic E-state index is -4.41. The molecular weight excluding hydrogens is 420 g/mol. The maximum Gasteiger partial charge on any atom is 0.290 e. The van der Waals surface area contributed by atoms with E-state index in [1.165, 1.54) is 28.2 Å². The van der Waals surface area contributed by atoms with Crippen LogP contribution in [0.25, 0.3) is 22.6 Å². The van der Waals surface area contributed by atoms with E-state index in [0.717, 1.165) is 18.3 Å². The fourth-order valence-electron chi connectivity index (χ4n) is 3.07. The van der Waals surface area contributed by atoms with Gasteiger partial charge in [0.05, 0.1) is 19.7 Å². The van der Waals surface area contributed by atoms with Gasteiger partial charge in [0, 0.05) is 27.1 Å². The lowest BCUT2D eigenvalue weighted by molar-refractivity contribution is -0.648. The largest absolute Gasteiger partial charge is 0.726 e. The van der Waals surface area contributed by atoms with Gasteiger partial charge in [-0.3, -0.25) is 4.18 Å². The Balaban J connectivity index is 0.000000286. The molecule has 0 saturated carbocycles. The standard InChI is InChI=1S/C17H14BrN2.CH4O4S/c1-19-15(12-7-3-2-4-8-12)16(18)20-11-13-9-5-6-10-14(13)17(19)20;1-5-6(2,3)4/h2-10H,11H2,1H3;1H3,(H,2,3,4)/q+1;/p-1. The van der Waals surface area contributed by atoms with Gasteiger partial charge >= 0.3 is 0 Å². The molecule has 1 aromatic heterocycles. The number of hydrogen-bond acceptors (Lipinski definition) is 4. The molecule has 0 atom stereocenters. The van der Waals surface area contributed by atoms with E-state index in [-0.39, 0.29) is 0 Å². The Bertz CT molecular complexity index is 1040. The van der Waals surface area contributed by atoms with E-state index >= 15 is 0 Å². The van der Waals surface area contributed by atoms with E-state index in [0.29, 0.717) is 0 Å². The minimum Gasteiger partial charge on any atom is -0.726 e. The molecule has 4 rings (SSSR count). The topological polar surface area (TPSA) is 75.2 Å². The second-order valence-electron chi connectivity index (χ2n) is 5.71. The number of rotatable bonds is 2. The molecule has 0 spiro atoms. The van der Waals surface area contributed by atoms with E-state index in [9.17, 15) is 13.0 Å². The normalized spacial score (nSPS) is 12.2. The van der Waals surface area contributed by atoms with Gasteiger partial charge in [0.1, 0.15) is 6.54 Å². The number of fused-ring (bicyclic) bond motifs is 3. The third-order valence-electron chi connectivity index (χ3n) is 4.18. The van der Waals surface area contributed by atoms with Gasteiger partial charge in [-0.2, -0.15) is 0 Å². The van der Waals surface area contributed by atoms with E-state index in [1.54, 1.807) is 0 Å². The van der Waals surface area contributed by atoms with Crippen LogP contribution in [0.4, 0.5) is 0 Å². The highest BCUT2D eigenvalue weighted by Crippen LogP contribution is 2.37. The van der Waals surface area contributed by atoms with Crippen molar-refractivity contribution >= 4 is 26.3 Å². The first-order chi connectivity index (χ1) is 12.3. The summed E-state index contributed by atoms with van der Waals surface area (Å²) in [7, 11) is -1.46. The van der Waals surface area contributed by atoms with Crippen LogP contribution in [-0.2, 0) is 28.2 Å². The van der Waals surface area contributed by atoms with Crippen molar-refractivity contribution in [1.29, 1.82) is 0 Å². The van der Waals surface area contributed by atoms with Gasteiger partial charge in [-0.25, -0.2) is 17.6 Å². The van der Waals surface area contributed by atoms with Crippen molar-refractivity contribution in [3.63, 3.8) is 0 Å². The molecule has 1 aliphatic rings. The van der Waals surface area contributed by atoms with E-state index < -0.39 is 10.4 Å². The van der Waals surface area contributed by atoms with Crippen molar-refractivity contribution in [2.75, 3.05) is 7.11 Å². The third-order valence-corrected chi connectivity index (χ3v) is 5.39. The Labute approximate surface area is 160 Å². The number of imidazole rings is 1. The van der Waals surface area contributed by atoms with Crippen LogP contribution < -0.4 is 4.57 Å². The molecule has 136 valence electrons. The van der Waals surface area contributed by atoms with Crippen molar-refractivity contribution in [1.82, 2.24) is 4.57 Å². The lowest BCUT2D eigenvalue weighted by atomic mass is 10.1. The molecule has 0 aliphatic carbocycles. The number of halogens is 1. The average molecular weight is 437 g/mol. The Morgan fingerprint density at radius 1 is 1.12 bits per heavy atom. The number of hydrogen-bond donors (Lipinski definition) is 0. The lowest BCUT2D eigenvalue weighted by Crippen LogP contribution is -2.31. The van der Waals surface area contributed by atoms with Crippen LogP contribution in [0, 0.1) is 0 Å². The molecule has 0 N–H and O–H groups in total.